The molecule has 1 aliphatic carbocycles. The van der Waals surface area contributed by atoms with Gasteiger partial charge in [-0.15, -0.1) is 0 Å². The quantitative estimate of drug-likeness (QED) is 0.868. The lowest BCUT2D eigenvalue weighted by atomic mass is 9.92. The molecule has 1 aromatic carbocycles. The third kappa shape index (κ3) is 4.36. The van der Waals surface area contributed by atoms with E-state index in [-0.39, 0.29) is 18.6 Å². The van der Waals surface area contributed by atoms with Gasteiger partial charge >= 0.3 is 0 Å². The molecule has 5 heteroatoms. The van der Waals surface area contributed by atoms with Gasteiger partial charge in [0, 0.05) is 0 Å². The Morgan fingerprint density at radius 1 is 1.33 bits per heavy atom. The highest BCUT2D eigenvalue weighted by atomic mass is 16.5. The molecular weight excluding hydrogens is 270 g/mol. The molecule has 0 unspecified atom stereocenters. The predicted octanol–water partition coefficient (Wildman–Crippen LogP) is 1.80. The first-order valence-electron chi connectivity index (χ1n) is 7.35. The Hall–Kier alpha value is -1.75. The van der Waals surface area contributed by atoms with Gasteiger partial charge in [-0.3, -0.25) is 4.79 Å². The van der Waals surface area contributed by atoms with E-state index in [1.807, 2.05) is 19.1 Å². The molecule has 0 saturated heterocycles. The first-order chi connectivity index (χ1) is 10.1. The van der Waals surface area contributed by atoms with Crippen LogP contribution < -0.4 is 14.8 Å². The average Bonchev–Trinajstić information content (AvgIpc) is 2.48. The van der Waals surface area contributed by atoms with Crippen molar-refractivity contribution in [2.75, 3.05) is 13.7 Å². The van der Waals surface area contributed by atoms with Crippen molar-refractivity contribution < 1.29 is 19.4 Å². The second-order valence-electron chi connectivity index (χ2n) is 5.47. The molecule has 1 aromatic rings. The van der Waals surface area contributed by atoms with E-state index in [2.05, 4.69) is 5.32 Å². The van der Waals surface area contributed by atoms with Crippen LogP contribution in [0.15, 0.2) is 18.2 Å². The maximum atomic E-state index is 11.9. The topological polar surface area (TPSA) is 67.8 Å². The van der Waals surface area contributed by atoms with E-state index in [1.54, 1.807) is 13.2 Å². The predicted molar refractivity (Wildman–Crippen MR) is 79.6 cm³/mol. The van der Waals surface area contributed by atoms with Crippen LogP contribution in [-0.4, -0.2) is 36.9 Å². The maximum absolute atomic E-state index is 11.9. The summed E-state index contributed by atoms with van der Waals surface area (Å²) in [5.41, 5.74) is 1.06. The van der Waals surface area contributed by atoms with Crippen LogP contribution in [-0.2, 0) is 4.79 Å². The molecule has 0 spiro atoms. The number of benzene rings is 1. The molecule has 2 rings (SSSR count). The summed E-state index contributed by atoms with van der Waals surface area (Å²) in [4.78, 5) is 11.9. The molecule has 116 valence electrons. The number of nitrogens with one attached hydrogen (secondary N) is 1. The first-order valence-corrected chi connectivity index (χ1v) is 7.35. The number of amides is 1. The molecule has 1 amide bonds. The average molecular weight is 293 g/mol. The van der Waals surface area contributed by atoms with E-state index < -0.39 is 6.10 Å². The number of hydrogen-bond donors (Lipinski definition) is 2. The maximum Gasteiger partial charge on any atom is 0.258 e. The molecule has 0 radical (unpaired) electrons. The van der Waals surface area contributed by atoms with Crippen LogP contribution in [0.2, 0.25) is 0 Å². The van der Waals surface area contributed by atoms with Crippen molar-refractivity contribution in [3.05, 3.63) is 23.8 Å². The van der Waals surface area contributed by atoms with Crippen LogP contribution in [0.4, 0.5) is 0 Å². The van der Waals surface area contributed by atoms with E-state index in [4.69, 9.17) is 9.47 Å². The van der Waals surface area contributed by atoms with Crippen molar-refractivity contribution in [1.82, 2.24) is 5.32 Å². The summed E-state index contributed by atoms with van der Waals surface area (Å²) in [5, 5.41) is 12.7. The zero-order valence-electron chi connectivity index (χ0n) is 12.6. The number of aliphatic hydroxyl groups is 1. The molecular formula is C16H23NO4. The number of ether oxygens (including phenoxy) is 2. The minimum Gasteiger partial charge on any atom is -0.493 e. The molecule has 1 aliphatic rings. The summed E-state index contributed by atoms with van der Waals surface area (Å²) in [7, 11) is 1.57. The third-order valence-electron chi connectivity index (χ3n) is 3.75. The van der Waals surface area contributed by atoms with Crippen molar-refractivity contribution in [3.8, 4) is 11.5 Å². The van der Waals surface area contributed by atoms with Crippen LogP contribution in [0, 0.1) is 6.92 Å². The molecule has 0 aromatic heterocycles. The van der Waals surface area contributed by atoms with Gasteiger partial charge in [0.2, 0.25) is 0 Å². The van der Waals surface area contributed by atoms with Crippen molar-refractivity contribution in [1.29, 1.82) is 0 Å². The van der Waals surface area contributed by atoms with Crippen LogP contribution in [0.1, 0.15) is 31.2 Å². The number of hydrogen-bond acceptors (Lipinski definition) is 4. The lowest BCUT2D eigenvalue weighted by Crippen LogP contribution is -2.46. The van der Waals surface area contributed by atoms with Gasteiger partial charge in [-0.1, -0.05) is 18.9 Å². The van der Waals surface area contributed by atoms with Crippen molar-refractivity contribution >= 4 is 5.91 Å². The molecule has 2 N–H and O–H groups in total. The molecule has 5 nitrogen and oxygen atoms in total. The largest absolute Gasteiger partial charge is 0.493 e. The zero-order chi connectivity index (χ0) is 15.2. The summed E-state index contributed by atoms with van der Waals surface area (Å²) >= 11 is 0. The standard InChI is InChI=1S/C16H23NO4/c1-11-7-8-14(15(9-11)20-2)21-10-16(19)17-12-5-3-4-6-13(12)18/h7-9,12-13,18H,3-6,10H2,1-2H3,(H,17,19)/t12-,13-/m1/s1. The first kappa shape index (κ1) is 15.6. The van der Waals surface area contributed by atoms with Crippen molar-refractivity contribution in [2.45, 2.75) is 44.8 Å². The third-order valence-corrected chi connectivity index (χ3v) is 3.75. The number of aryl methyl sites for hydroxylation is 1. The van der Waals surface area contributed by atoms with Crippen LogP contribution in [0.5, 0.6) is 11.5 Å². The molecule has 0 bridgehead atoms. The molecule has 0 heterocycles. The zero-order valence-corrected chi connectivity index (χ0v) is 12.6. The van der Waals surface area contributed by atoms with Crippen molar-refractivity contribution in [3.63, 3.8) is 0 Å². The summed E-state index contributed by atoms with van der Waals surface area (Å²) in [5.74, 6) is 0.937. The smallest absolute Gasteiger partial charge is 0.258 e. The monoisotopic (exact) mass is 293 g/mol. The fourth-order valence-electron chi connectivity index (χ4n) is 2.57. The highest BCUT2D eigenvalue weighted by molar-refractivity contribution is 5.78. The Morgan fingerprint density at radius 2 is 2.10 bits per heavy atom. The Bertz CT molecular complexity index is 489. The second kappa shape index (κ2) is 7.31. The van der Waals surface area contributed by atoms with Gasteiger partial charge in [0.05, 0.1) is 19.3 Å². The van der Waals surface area contributed by atoms with E-state index in [0.717, 1.165) is 31.2 Å². The van der Waals surface area contributed by atoms with Crippen LogP contribution >= 0.6 is 0 Å². The fraction of sp³-hybridized carbons (Fsp3) is 0.562. The Kier molecular flexibility index (Phi) is 5.44. The Labute approximate surface area is 125 Å². The molecule has 1 saturated carbocycles. The van der Waals surface area contributed by atoms with Gasteiger partial charge in [0.1, 0.15) is 0 Å². The molecule has 1 fully saturated rings. The number of methoxy groups -OCH3 is 1. The normalized spacial score (nSPS) is 21.7. The highest BCUT2D eigenvalue weighted by Gasteiger charge is 2.24. The van der Waals surface area contributed by atoms with Gasteiger partial charge < -0.3 is 19.9 Å². The number of rotatable bonds is 5. The SMILES string of the molecule is COc1cc(C)ccc1OCC(=O)N[C@@H]1CCCC[C@H]1O. The lowest BCUT2D eigenvalue weighted by Gasteiger charge is -2.28. The second-order valence-corrected chi connectivity index (χ2v) is 5.47. The number of aliphatic hydroxyl groups excluding tert-OH is 1. The van der Waals surface area contributed by atoms with E-state index >= 15 is 0 Å². The highest BCUT2D eigenvalue weighted by Crippen LogP contribution is 2.27. The Morgan fingerprint density at radius 3 is 2.81 bits per heavy atom. The molecule has 21 heavy (non-hydrogen) atoms. The van der Waals surface area contributed by atoms with Gasteiger partial charge in [-0.05, 0) is 37.5 Å². The van der Waals surface area contributed by atoms with Crippen molar-refractivity contribution in [2.24, 2.45) is 0 Å². The minimum atomic E-state index is -0.448. The van der Waals surface area contributed by atoms with Gasteiger partial charge in [-0.25, -0.2) is 0 Å². The summed E-state index contributed by atoms with van der Waals surface area (Å²) in [6.07, 6.45) is 3.18. The van der Waals surface area contributed by atoms with Crippen LogP contribution in [0.3, 0.4) is 0 Å². The molecule has 2 atom stereocenters. The summed E-state index contributed by atoms with van der Waals surface area (Å²) in [6.45, 7) is 1.88. The molecule has 0 aliphatic heterocycles. The van der Waals surface area contributed by atoms with E-state index in [0.29, 0.717) is 11.5 Å². The number of carbonyl (C=O) groups is 1. The fourth-order valence-corrected chi connectivity index (χ4v) is 2.57. The lowest BCUT2D eigenvalue weighted by molar-refractivity contribution is -0.125. The van der Waals surface area contributed by atoms with E-state index in [1.165, 1.54) is 0 Å². The van der Waals surface area contributed by atoms with Gasteiger partial charge in [0.25, 0.3) is 5.91 Å². The minimum absolute atomic E-state index is 0.0807. The van der Waals surface area contributed by atoms with Gasteiger partial charge in [-0.2, -0.15) is 0 Å². The summed E-state index contributed by atoms with van der Waals surface area (Å²) in [6, 6.07) is 5.39. The van der Waals surface area contributed by atoms with Crippen LogP contribution in [0.25, 0.3) is 0 Å². The van der Waals surface area contributed by atoms with Gasteiger partial charge in [0.15, 0.2) is 18.1 Å². The van der Waals surface area contributed by atoms with E-state index in [9.17, 15) is 9.90 Å². The Balaban J connectivity index is 1.86. The number of carbonyl (C=O) groups excluding carboxylic acids is 1. The summed E-state index contributed by atoms with van der Waals surface area (Å²) < 4.78 is 10.7.